The van der Waals surface area contributed by atoms with E-state index in [-0.39, 0.29) is 0 Å². The van der Waals surface area contributed by atoms with Crippen LogP contribution in [-0.4, -0.2) is 61.6 Å². The van der Waals surface area contributed by atoms with Crippen LogP contribution in [0.15, 0.2) is 0 Å². The van der Waals surface area contributed by atoms with E-state index in [2.05, 4.69) is 36.0 Å². The number of rotatable bonds is 4. The second-order valence-corrected chi connectivity index (χ2v) is 10.8. The van der Waals surface area contributed by atoms with Crippen LogP contribution in [0.1, 0.15) is 13.8 Å². The molecule has 0 saturated carbocycles. The molecular weight excluding hydrogens is 621 g/mol. The molecule has 0 unspecified atom stereocenters. The van der Waals surface area contributed by atoms with Gasteiger partial charge in [-0.25, -0.2) is 9.59 Å². The lowest BCUT2D eigenvalue weighted by atomic mass is 10.0. The van der Waals surface area contributed by atoms with E-state index in [9.17, 15) is 19.2 Å². The van der Waals surface area contributed by atoms with Crippen molar-refractivity contribution in [3.63, 3.8) is 0 Å². The first-order valence-corrected chi connectivity index (χ1v) is 10.9. The van der Waals surface area contributed by atoms with Gasteiger partial charge < -0.3 is 29.0 Å². The number of hydrogen-bond donors (Lipinski definition) is 2. The van der Waals surface area contributed by atoms with Gasteiger partial charge in [-0.05, 0) is 69.6 Å². The predicted octanol–water partition coefficient (Wildman–Crippen LogP) is 3.40. The third-order valence-electron chi connectivity index (χ3n) is 3.10. The minimum Gasteiger partial charge on any atom is -0.456 e. The number of nitrogens with one attached hydrogen (secondary N) is 2. The highest BCUT2D eigenvalue weighted by Crippen LogP contribution is 2.31. The molecule has 1 heterocycles. The molecular formula is C13H13BrCl6N2O9. The number of carbonyl (C=O) groups excluding carboxylic acids is 4. The van der Waals surface area contributed by atoms with Gasteiger partial charge in [-0.2, -0.15) is 0 Å². The van der Waals surface area contributed by atoms with Gasteiger partial charge in [-0.15, -0.1) is 0 Å². The van der Waals surface area contributed by atoms with Gasteiger partial charge in [-0.3, -0.25) is 14.9 Å². The second kappa shape index (κ2) is 11.7. The third-order valence-corrected chi connectivity index (χ3v) is 4.35. The zero-order valence-electron chi connectivity index (χ0n) is 15.2. The fourth-order valence-corrected chi connectivity index (χ4v) is 3.35. The molecule has 5 atom stereocenters. The Morgan fingerprint density at radius 3 is 1.65 bits per heavy atom. The number of alkyl halides is 7. The molecule has 1 aliphatic rings. The van der Waals surface area contributed by atoms with Crippen LogP contribution in [0.3, 0.4) is 0 Å². The summed E-state index contributed by atoms with van der Waals surface area (Å²) < 4.78 is 19.9. The van der Waals surface area contributed by atoms with Crippen molar-refractivity contribution in [1.29, 1.82) is 0 Å². The van der Waals surface area contributed by atoms with Crippen LogP contribution in [0.25, 0.3) is 0 Å². The van der Waals surface area contributed by atoms with Crippen LogP contribution in [0.2, 0.25) is 0 Å². The molecule has 1 rings (SSSR count). The van der Waals surface area contributed by atoms with Gasteiger partial charge in [0.1, 0.15) is 11.1 Å². The molecule has 1 saturated heterocycles. The molecule has 11 nitrogen and oxygen atoms in total. The average Bonchev–Trinajstić information content (AvgIpc) is 2.50. The summed E-state index contributed by atoms with van der Waals surface area (Å²) in [5.74, 6) is -1.70. The Morgan fingerprint density at radius 2 is 1.23 bits per heavy atom. The van der Waals surface area contributed by atoms with Crippen LogP contribution < -0.4 is 10.6 Å². The summed E-state index contributed by atoms with van der Waals surface area (Å²) in [4.78, 5) is 47.2. The van der Waals surface area contributed by atoms with Gasteiger partial charge in [0, 0.05) is 13.8 Å². The third kappa shape index (κ3) is 10.9. The molecule has 1 fully saturated rings. The first kappa shape index (κ1) is 28.7. The fourth-order valence-electron chi connectivity index (χ4n) is 2.27. The maximum Gasteiger partial charge on any atom is 0.412 e. The lowest BCUT2D eigenvalue weighted by Crippen LogP contribution is -2.67. The predicted molar refractivity (Wildman–Crippen MR) is 112 cm³/mol. The number of esters is 2. The molecule has 0 spiro atoms. The Kier molecular flexibility index (Phi) is 10.8. The Morgan fingerprint density at radius 1 is 0.806 bits per heavy atom. The van der Waals surface area contributed by atoms with E-state index in [1.54, 1.807) is 0 Å². The summed E-state index contributed by atoms with van der Waals surface area (Å²) in [7, 11) is 0. The number of ether oxygens (including phenoxy) is 5. The van der Waals surface area contributed by atoms with Crippen molar-refractivity contribution in [1.82, 2.24) is 10.6 Å². The van der Waals surface area contributed by atoms with Crippen molar-refractivity contribution < 1.29 is 42.9 Å². The fraction of sp³-hybridized carbons (Fsp3) is 0.692. The van der Waals surface area contributed by atoms with Crippen LogP contribution >= 0.6 is 85.5 Å². The van der Waals surface area contributed by atoms with E-state index in [4.69, 9.17) is 83.8 Å². The zero-order chi connectivity index (χ0) is 24.1. The van der Waals surface area contributed by atoms with Crippen molar-refractivity contribution in [3.05, 3.63) is 0 Å². The molecule has 2 N–H and O–H groups in total. The van der Waals surface area contributed by atoms with Crippen molar-refractivity contribution >= 4 is 110 Å². The Labute approximate surface area is 213 Å². The monoisotopic (exact) mass is 630 g/mol. The first-order chi connectivity index (χ1) is 14.0. The van der Waals surface area contributed by atoms with Crippen molar-refractivity contribution in [2.75, 3.05) is 0 Å². The minimum absolute atomic E-state index is 0.840. The van der Waals surface area contributed by atoms with Crippen LogP contribution in [-0.2, 0) is 33.3 Å². The van der Waals surface area contributed by atoms with Crippen molar-refractivity contribution in [2.24, 2.45) is 0 Å². The van der Waals surface area contributed by atoms with E-state index < -0.39 is 61.6 Å². The lowest BCUT2D eigenvalue weighted by Gasteiger charge is -2.43. The van der Waals surface area contributed by atoms with Crippen LogP contribution in [0.5, 0.6) is 0 Å². The maximum atomic E-state index is 12.0. The average molecular weight is 634 g/mol. The van der Waals surface area contributed by atoms with Crippen molar-refractivity contribution in [2.45, 2.75) is 51.3 Å². The van der Waals surface area contributed by atoms with Crippen LogP contribution in [0, 0.1) is 0 Å². The van der Waals surface area contributed by atoms with E-state index >= 15 is 0 Å². The van der Waals surface area contributed by atoms with E-state index in [0.717, 1.165) is 13.8 Å². The normalized spacial score (nSPS) is 26.3. The van der Waals surface area contributed by atoms with Gasteiger partial charge in [-0.1, -0.05) is 15.9 Å². The standard InChI is InChI=1S/C13H13BrCl6N2O9/c1-3(23)27-6-5(21-10(25)30-12(15,16)17)8(14)29-9(7(6)28-4(2)24)22-11(26)31-13(18,19)20/h5-9H,1-2H3,(H,21,25)(H,22,26)/t5-,6-,7+,8-,9+/m1/s1. The smallest absolute Gasteiger partial charge is 0.412 e. The molecule has 18 heteroatoms. The molecule has 0 aromatic rings. The summed E-state index contributed by atoms with van der Waals surface area (Å²) >= 11 is 35.4. The molecule has 0 radical (unpaired) electrons. The minimum atomic E-state index is -2.41. The van der Waals surface area contributed by atoms with E-state index in [1.165, 1.54) is 0 Å². The molecule has 0 aromatic carbocycles. The summed E-state index contributed by atoms with van der Waals surface area (Å²) in [6.45, 7) is 2.07. The van der Waals surface area contributed by atoms with E-state index in [0.29, 0.717) is 0 Å². The lowest BCUT2D eigenvalue weighted by molar-refractivity contribution is -0.206. The van der Waals surface area contributed by atoms with Crippen LogP contribution in [0.4, 0.5) is 9.59 Å². The molecule has 1 aliphatic heterocycles. The molecule has 2 amide bonds. The first-order valence-electron chi connectivity index (χ1n) is 7.75. The number of amides is 2. The quantitative estimate of drug-likeness (QED) is 0.271. The summed E-state index contributed by atoms with van der Waals surface area (Å²) in [5.41, 5.74) is 0. The highest BCUT2D eigenvalue weighted by molar-refractivity contribution is 9.09. The Balaban J connectivity index is 3.18. The number of hydrogen-bond acceptors (Lipinski definition) is 9. The summed E-state index contributed by atoms with van der Waals surface area (Å²) in [6.07, 6.45) is -7.00. The molecule has 31 heavy (non-hydrogen) atoms. The number of alkyl carbamates (subject to hydrolysis) is 2. The maximum absolute atomic E-state index is 12.0. The molecule has 0 aromatic heterocycles. The second-order valence-electron chi connectivity index (χ2n) is 5.54. The van der Waals surface area contributed by atoms with Gasteiger partial charge in [0.15, 0.2) is 18.4 Å². The molecule has 0 aliphatic carbocycles. The van der Waals surface area contributed by atoms with Gasteiger partial charge in [0.25, 0.3) is 0 Å². The van der Waals surface area contributed by atoms with Crippen molar-refractivity contribution in [3.8, 4) is 0 Å². The van der Waals surface area contributed by atoms with E-state index in [1.807, 2.05) is 0 Å². The zero-order valence-corrected chi connectivity index (χ0v) is 21.3. The largest absolute Gasteiger partial charge is 0.456 e. The topological polar surface area (TPSA) is 138 Å². The molecule has 0 bridgehead atoms. The number of halogens is 7. The van der Waals surface area contributed by atoms with Gasteiger partial charge >= 0.3 is 32.1 Å². The molecule has 178 valence electrons. The highest BCUT2D eigenvalue weighted by atomic mass is 79.9. The van der Waals surface area contributed by atoms with Gasteiger partial charge in [0.05, 0.1) is 0 Å². The summed E-state index contributed by atoms with van der Waals surface area (Å²) in [6, 6.07) is -1.27. The number of carbonyl (C=O) groups is 4. The summed E-state index contributed by atoms with van der Waals surface area (Å²) in [5, 5.41) is 3.19. The Hall–Kier alpha value is -0.340. The SMILES string of the molecule is CC(=O)O[C@@H]1[C@@H](NC(=O)OC(Cl)(Cl)Cl)[C@H](Br)O[C@H](NC(=O)OC(Cl)(Cl)Cl)[C@H]1OC(C)=O. The van der Waals surface area contributed by atoms with Gasteiger partial charge in [0.2, 0.25) is 0 Å². The highest BCUT2D eigenvalue weighted by Gasteiger charge is 2.51. The Bertz CT molecular complexity index is 704.